The van der Waals surface area contributed by atoms with Crippen LogP contribution in [0.15, 0.2) is 22.7 Å². The normalized spacial score (nSPS) is 10.6. The van der Waals surface area contributed by atoms with Gasteiger partial charge in [0.15, 0.2) is 0 Å². The monoisotopic (exact) mass is 315 g/mol. The van der Waals surface area contributed by atoms with Crippen LogP contribution in [-0.2, 0) is 0 Å². The molecular weight excluding hydrogens is 298 g/mol. The Hall–Kier alpha value is -1.07. The van der Waals surface area contributed by atoms with Crippen LogP contribution in [0.25, 0.3) is 0 Å². The summed E-state index contributed by atoms with van der Waals surface area (Å²) in [6.45, 7) is 4.09. The van der Waals surface area contributed by atoms with E-state index < -0.39 is 0 Å². The lowest BCUT2D eigenvalue weighted by Crippen LogP contribution is -2.39. The van der Waals surface area contributed by atoms with Gasteiger partial charge < -0.3 is 14.7 Å². The van der Waals surface area contributed by atoms with Crippen molar-refractivity contribution in [3.05, 3.63) is 28.2 Å². The molecule has 0 aliphatic heterocycles. The molecule has 0 atom stereocenters. The Kier molecular flexibility index (Phi) is 5.62. The van der Waals surface area contributed by atoms with E-state index >= 15 is 0 Å². The highest BCUT2D eigenvalue weighted by Crippen LogP contribution is 2.24. The number of rotatable bonds is 5. The molecule has 18 heavy (non-hydrogen) atoms. The number of aliphatic hydroxyl groups is 1. The number of methoxy groups -OCH3 is 1. The first-order valence-electron chi connectivity index (χ1n) is 5.76. The third-order valence-corrected chi connectivity index (χ3v) is 3.11. The number of carbonyl (C=O) groups is 1. The summed E-state index contributed by atoms with van der Waals surface area (Å²) in [7, 11) is 1.53. The molecule has 0 spiro atoms. The van der Waals surface area contributed by atoms with E-state index in [0.717, 1.165) is 4.47 Å². The number of carbonyl (C=O) groups excluding carboxylic acids is 1. The van der Waals surface area contributed by atoms with Crippen molar-refractivity contribution in [3.63, 3.8) is 0 Å². The standard InChI is InChI=1S/C13H18BrNO3/c1-9(2)15(6-7-16)13(17)11-8-10(14)4-5-12(11)18-3/h4-5,8-9,16H,6-7H2,1-3H3. The number of hydrogen-bond acceptors (Lipinski definition) is 3. The van der Waals surface area contributed by atoms with E-state index in [1.807, 2.05) is 19.9 Å². The molecule has 1 aromatic carbocycles. The van der Waals surface area contributed by atoms with Crippen molar-refractivity contribution < 1.29 is 14.6 Å². The van der Waals surface area contributed by atoms with Gasteiger partial charge in [0, 0.05) is 17.1 Å². The van der Waals surface area contributed by atoms with E-state index in [0.29, 0.717) is 17.9 Å². The summed E-state index contributed by atoms with van der Waals surface area (Å²) >= 11 is 3.34. The molecule has 0 heterocycles. The second-order valence-electron chi connectivity index (χ2n) is 4.16. The molecule has 0 aliphatic carbocycles. The zero-order chi connectivity index (χ0) is 13.7. The van der Waals surface area contributed by atoms with Crippen LogP contribution in [-0.4, -0.2) is 42.2 Å². The molecule has 1 aromatic rings. The Balaban J connectivity index is 3.11. The number of ether oxygens (including phenoxy) is 1. The number of hydrogen-bond donors (Lipinski definition) is 1. The zero-order valence-corrected chi connectivity index (χ0v) is 12.4. The van der Waals surface area contributed by atoms with Crippen LogP contribution < -0.4 is 4.74 Å². The molecule has 0 saturated heterocycles. The largest absolute Gasteiger partial charge is 0.496 e. The number of halogens is 1. The van der Waals surface area contributed by atoms with Crippen molar-refractivity contribution in [2.75, 3.05) is 20.3 Å². The molecule has 5 heteroatoms. The molecule has 0 fully saturated rings. The van der Waals surface area contributed by atoms with Gasteiger partial charge in [-0.15, -0.1) is 0 Å². The highest BCUT2D eigenvalue weighted by atomic mass is 79.9. The molecule has 0 bridgehead atoms. The second-order valence-corrected chi connectivity index (χ2v) is 5.08. The van der Waals surface area contributed by atoms with Gasteiger partial charge in [-0.1, -0.05) is 15.9 Å². The van der Waals surface area contributed by atoms with Crippen LogP contribution in [0.2, 0.25) is 0 Å². The van der Waals surface area contributed by atoms with Crippen LogP contribution in [0, 0.1) is 0 Å². The smallest absolute Gasteiger partial charge is 0.257 e. The fraction of sp³-hybridized carbons (Fsp3) is 0.462. The third kappa shape index (κ3) is 3.46. The van der Waals surface area contributed by atoms with Gasteiger partial charge in [0.1, 0.15) is 5.75 Å². The first-order valence-corrected chi connectivity index (χ1v) is 6.56. The van der Waals surface area contributed by atoms with Crippen LogP contribution in [0.3, 0.4) is 0 Å². The van der Waals surface area contributed by atoms with Crippen LogP contribution in [0.4, 0.5) is 0 Å². The Morgan fingerprint density at radius 1 is 1.50 bits per heavy atom. The van der Waals surface area contributed by atoms with Crippen molar-refractivity contribution in [2.24, 2.45) is 0 Å². The molecule has 0 saturated carbocycles. The van der Waals surface area contributed by atoms with E-state index in [2.05, 4.69) is 15.9 Å². The lowest BCUT2D eigenvalue weighted by molar-refractivity contribution is 0.0662. The molecule has 0 aromatic heterocycles. The van der Waals surface area contributed by atoms with Gasteiger partial charge in [0.05, 0.1) is 19.3 Å². The molecule has 4 nitrogen and oxygen atoms in total. The predicted molar refractivity (Wildman–Crippen MR) is 74.0 cm³/mol. The highest BCUT2D eigenvalue weighted by molar-refractivity contribution is 9.10. The summed E-state index contributed by atoms with van der Waals surface area (Å²) < 4.78 is 6.02. The molecule has 0 radical (unpaired) electrons. The van der Waals surface area contributed by atoms with E-state index in [9.17, 15) is 4.79 Å². The minimum Gasteiger partial charge on any atom is -0.496 e. The molecule has 1 rings (SSSR count). The molecule has 1 N–H and O–H groups in total. The van der Waals surface area contributed by atoms with Gasteiger partial charge >= 0.3 is 0 Å². The van der Waals surface area contributed by atoms with E-state index in [1.165, 1.54) is 7.11 Å². The molecule has 0 aliphatic rings. The average molecular weight is 316 g/mol. The number of amides is 1. The van der Waals surface area contributed by atoms with Crippen LogP contribution >= 0.6 is 15.9 Å². The predicted octanol–water partition coefficient (Wildman–Crippen LogP) is 2.30. The SMILES string of the molecule is COc1ccc(Br)cc1C(=O)N(CCO)C(C)C. The van der Waals surface area contributed by atoms with Gasteiger partial charge in [0.25, 0.3) is 5.91 Å². The Morgan fingerprint density at radius 3 is 2.67 bits per heavy atom. The lowest BCUT2D eigenvalue weighted by Gasteiger charge is -2.26. The van der Waals surface area contributed by atoms with Gasteiger partial charge in [-0.2, -0.15) is 0 Å². The van der Waals surface area contributed by atoms with Crippen molar-refractivity contribution in [3.8, 4) is 5.75 Å². The highest BCUT2D eigenvalue weighted by Gasteiger charge is 2.21. The molecule has 1 amide bonds. The Labute approximate surface area is 116 Å². The number of nitrogens with zero attached hydrogens (tertiary/aromatic N) is 1. The Morgan fingerprint density at radius 2 is 2.17 bits per heavy atom. The van der Waals surface area contributed by atoms with Crippen molar-refractivity contribution in [1.82, 2.24) is 4.90 Å². The fourth-order valence-electron chi connectivity index (χ4n) is 1.70. The summed E-state index contributed by atoms with van der Waals surface area (Å²) in [5, 5.41) is 9.03. The van der Waals surface area contributed by atoms with Crippen LogP contribution in [0.5, 0.6) is 5.75 Å². The summed E-state index contributed by atoms with van der Waals surface area (Å²) in [4.78, 5) is 14.0. The molecule has 0 unspecified atom stereocenters. The van der Waals surface area contributed by atoms with Gasteiger partial charge in [-0.05, 0) is 32.0 Å². The van der Waals surface area contributed by atoms with Crippen LogP contribution in [0.1, 0.15) is 24.2 Å². The zero-order valence-electron chi connectivity index (χ0n) is 10.8. The Bertz CT molecular complexity index is 421. The number of aliphatic hydroxyl groups excluding tert-OH is 1. The summed E-state index contributed by atoms with van der Waals surface area (Å²) in [5.74, 6) is 0.393. The summed E-state index contributed by atoms with van der Waals surface area (Å²) in [5.41, 5.74) is 0.494. The lowest BCUT2D eigenvalue weighted by atomic mass is 10.1. The molecular formula is C13H18BrNO3. The molecule has 100 valence electrons. The topological polar surface area (TPSA) is 49.8 Å². The minimum absolute atomic E-state index is 0.0216. The first kappa shape index (κ1) is 15.0. The van der Waals surface area contributed by atoms with Crippen molar-refractivity contribution >= 4 is 21.8 Å². The summed E-state index contributed by atoms with van der Waals surface area (Å²) in [6, 6.07) is 5.32. The van der Waals surface area contributed by atoms with Crippen molar-refractivity contribution in [1.29, 1.82) is 0 Å². The minimum atomic E-state index is -0.141. The summed E-state index contributed by atoms with van der Waals surface area (Å²) in [6.07, 6.45) is 0. The second kappa shape index (κ2) is 6.75. The van der Waals surface area contributed by atoms with E-state index in [4.69, 9.17) is 9.84 Å². The quantitative estimate of drug-likeness (QED) is 0.907. The van der Waals surface area contributed by atoms with Gasteiger partial charge in [-0.25, -0.2) is 0 Å². The number of benzene rings is 1. The maximum Gasteiger partial charge on any atom is 0.257 e. The van der Waals surface area contributed by atoms with Gasteiger partial charge in [0.2, 0.25) is 0 Å². The fourth-order valence-corrected chi connectivity index (χ4v) is 2.07. The average Bonchev–Trinajstić information content (AvgIpc) is 2.34. The third-order valence-electron chi connectivity index (χ3n) is 2.62. The van der Waals surface area contributed by atoms with Gasteiger partial charge in [-0.3, -0.25) is 4.79 Å². The maximum absolute atomic E-state index is 12.4. The maximum atomic E-state index is 12.4. The van der Waals surface area contributed by atoms with E-state index in [1.54, 1.807) is 17.0 Å². The van der Waals surface area contributed by atoms with E-state index in [-0.39, 0.29) is 18.6 Å². The van der Waals surface area contributed by atoms with Crippen molar-refractivity contribution in [2.45, 2.75) is 19.9 Å². The first-order chi connectivity index (χ1) is 8.51.